The van der Waals surface area contributed by atoms with Crippen LogP contribution in [-0.4, -0.2) is 6.54 Å². The van der Waals surface area contributed by atoms with Crippen molar-refractivity contribution >= 4 is 0 Å². The molecule has 106 valence electrons. The van der Waals surface area contributed by atoms with E-state index in [4.69, 9.17) is 0 Å². The Morgan fingerprint density at radius 1 is 1.10 bits per heavy atom. The van der Waals surface area contributed by atoms with Crippen LogP contribution in [0.25, 0.3) is 0 Å². The van der Waals surface area contributed by atoms with Crippen LogP contribution >= 0.6 is 0 Å². The summed E-state index contributed by atoms with van der Waals surface area (Å²) in [6.45, 7) is 7.15. The molecule has 0 spiro atoms. The molecule has 0 saturated carbocycles. The Hall–Kier alpha value is -1.67. The zero-order valence-electron chi connectivity index (χ0n) is 12.4. The van der Waals surface area contributed by atoms with Crippen LogP contribution in [-0.2, 0) is 6.42 Å². The van der Waals surface area contributed by atoms with Gasteiger partial charge in [-0.2, -0.15) is 0 Å². The molecule has 0 bridgehead atoms. The number of rotatable bonds is 5. The SMILES string of the molecule is CCNC(Cc1ccccc1F)c1cc(C)ccc1C. The Morgan fingerprint density at radius 2 is 1.85 bits per heavy atom. The Balaban J connectivity index is 2.32. The van der Waals surface area contributed by atoms with Gasteiger partial charge in [0, 0.05) is 6.04 Å². The first-order valence-corrected chi connectivity index (χ1v) is 7.15. The third-order valence-electron chi connectivity index (χ3n) is 3.64. The Labute approximate surface area is 120 Å². The van der Waals surface area contributed by atoms with E-state index in [2.05, 4.69) is 44.3 Å². The van der Waals surface area contributed by atoms with Gasteiger partial charge in [-0.25, -0.2) is 4.39 Å². The van der Waals surface area contributed by atoms with Gasteiger partial charge >= 0.3 is 0 Å². The van der Waals surface area contributed by atoms with Gasteiger partial charge in [-0.05, 0) is 49.6 Å². The third kappa shape index (κ3) is 3.45. The van der Waals surface area contributed by atoms with Crippen LogP contribution < -0.4 is 5.32 Å². The van der Waals surface area contributed by atoms with Crippen molar-refractivity contribution in [2.75, 3.05) is 6.54 Å². The summed E-state index contributed by atoms with van der Waals surface area (Å²) in [5.74, 6) is -0.124. The molecule has 1 nitrogen and oxygen atoms in total. The lowest BCUT2D eigenvalue weighted by atomic mass is 9.93. The first-order valence-electron chi connectivity index (χ1n) is 7.15. The van der Waals surface area contributed by atoms with Crippen molar-refractivity contribution in [1.29, 1.82) is 0 Å². The Kier molecular flexibility index (Phi) is 4.91. The van der Waals surface area contributed by atoms with E-state index in [1.165, 1.54) is 22.8 Å². The third-order valence-corrected chi connectivity index (χ3v) is 3.64. The predicted octanol–water partition coefficient (Wildman–Crippen LogP) is 4.34. The zero-order chi connectivity index (χ0) is 14.5. The lowest BCUT2D eigenvalue weighted by Gasteiger charge is -2.21. The molecule has 0 heterocycles. The summed E-state index contributed by atoms with van der Waals surface area (Å²) < 4.78 is 13.9. The average molecular weight is 271 g/mol. The minimum Gasteiger partial charge on any atom is -0.310 e. The molecule has 0 amide bonds. The smallest absolute Gasteiger partial charge is 0.126 e. The van der Waals surface area contributed by atoms with Crippen LogP contribution in [0, 0.1) is 19.7 Å². The second kappa shape index (κ2) is 6.67. The second-order valence-corrected chi connectivity index (χ2v) is 5.27. The minimum atomic E-state index is -0.124. The molecule has 1 atom stereocenters. The predicted molar refractivity (Wildman–Crippen MR) is 82.4 cm³/mol. The lowest BCUT2D eigenvalue weighted by molar-refractivity contribution is 0.526. The van der Waals surface area contributed by atoms with Crippen molar-refractivity contribution in [2.24, 2.45) is 0 Å². The van der Waals surface area contributed by atoms with Gasteiger partial charge in [-0.3, -0.25) is 0 Å². The van der Waals surface area contributed by atoms with Gasteiger partial charge < -0.3 is 5.32 Å². The van der Waals surface area contributed by atoms with E-state index in [0.717, 1.165) is 12.1 Å². The van der Waals surface area contributed by atoms with Crippen LogP contribution in [0.5, 0.6) is 0 Å². The lowest BCUT2D eigenvalue weighted by Crippen LogP contribution is -2.24. The summed E-state index contributed by atoms with van der Waals surface area (Å²) in [7, 11) is 0. The van der Waals surface area contributed by atoms with Crippen LogP contribution in [0.1, 0.15) is 35.2 Å². The number of benzene rings is 2. The molecule has 0 saturated heterocycles. The fourth-order valence-corrected chi connectivity index (χ4v) is 2.56. The summed E-state index contributed by atoms with van der Waals surface area (Å²) in [5.41, 5.74) is 4.51. The second-order valence-electron chi connectivity index (χ2n) is 5.27. The van der Waals surface area contributed by atoms with Gasteiger partial charge in [0.15, 0.2) is 0 Å². The molecule has 2 aromatic carbocycles. The summed E-state index contributed by atoms with van der Waals surface area (Å²) >= 11 is 0. The monoisotopic (exact) mass is 271 g/mol. The van der Waals surface area contributed by atoms with Gasteiger partial charge in [-0.15, -0.1) is 0 Å². The van der Waals surface area contributed by atoms with Crippen molar-refractivity contribution in [1.82, 2.24) is 5.32 Å². The molecule has 0 aromatic heterocycles. The van der Waals surface area contributed by atoms with Crippen molar-refractivity contribution in [3.05, 3.63) is 70.5 Å². The fourth-order valence-electron chi connectivity index (χ4n) is 2.56. The largest absolute Gasteiger partial charge is 0.310 e. The van der Waals surface area contributed by atoms with E-state index >= 15 is 0 Å². The van der Waals surface area contributed by atoms with E-state index in [1.807, 2.05) is 12.1 Å². The highest BCUT2D eigenvalue weighted by atomic mass is 19.1. The van der Waals surface area contributed by atoms with E-state index in [9.17, 15) is 4.39 Å². The molecule has 2 aromatic rings. The highest BCUT2D eigenvalue weighted by Crippen LogP contribution is 2.24. The van der Waals surface area contributed by atoms with Gasteiger partial charge in [0.25, 0.3) is 0 Å². The number of hydrogen-bond acceptors (Lipinski definition) is 1. The van der Waals surface area contributed by atoms with Crippen LogP contribution in [0.4, 0.5) is 4.39 Å². The Bertz CT molecular complexity index is 577. The van der Waals surface area contributed by atoms with Crippen molar-refractivity contribution in [2.45, 2.75) is 33.2 Å². The van der Waals surface area contributed by atoms with Crippen LogP contribution in [0.2, 0.25) is 0 Å². The maximum absolute atomic E-state index is 13.9. The molecule has 0 aliphatic rings. The van der Waals surface area contributed by atoms with Crippen molar-refractivity contribution in [3.63, 3.8) is 0 Å². The van der Waals surface area contributed by atoms with E-state index in [0.29, 0.717) is 6.42 Å². The fraction of sp³-hybridized carbons (Fsp3) is 0.333. The number of hydrogen-bond donors (Lipinski definition) is 1. The number of halogens is 1. The van der Waals surface area contributed by atoms with E-state index in [-0.39, 0.29) is 11.9 Å². The molecule has 0 radical (unpaired) electrons. The first-order chi connectivity index (χ1) is 9.61. The van der Waals surface area contributed by atoms with Gasteiger partial charge in [0.1, 0.15) is 5.82 Å². The quantitative estimate of drug-likeness (QED) is 0.853. The molecule has 0 aliphatic heterocycles. The highest BCUT2D eigenvalue weighted by molar-refractivity contribution is 5.34. The average Bonchev–Trinajstić information content (AvgIpc) is 2.43. The van der Waals surface area contributed by atoms with E-state index in [1.54, 1.807) is 6.07 Å². The van der Waals surface area contributed by atoms with Gasteiger partial charge in [-0.1, -0.05) is 48.9 Å². The number of aryl methyl sites for hydroxylation is 2. The minimum absolute atomic E-state index is 0.124. The molecule has 1 N–H and O–H groups in total. The maximum atomic E-state index is 13.9. The van der Waals surface area contributed by atoms with Crippen molar-refractivity contribution in [3.8, 4) is 0 Å². The standard InChI is InChI=1S/C18H22FN/c1-4-20-18(12-15-7-5-6-8-17(15)19)16-11-13(2)9-10-14(16)3/h5-11,18,20H,4,12H2,1-3H3. The van der Waals surface area contributed by atoms with Gasteiger partial charge in [0.05, 0.1) is 0 Å². The molecule has 0 aliphatic carbocycles. The summed E-state index contributed by atoms with van der Waals surface area (Å²) in [5, 5.41) is 3.48. The molecule has 2 rings (SSSR count). The number of nitrogens with one attached hydrogen (secondary N) is 1. The summed E-state index contributed by atoms with van der Waals surface area (Å²) in [4.78, 5) is 0. The van der Waals surface area contributed by atoms with Crippen molar-refractivity contribution < 1.29 is 4.39 Å². The summed E-state index contributed by atoms with van der Waals surface area (Å²) in [6.07, 6.45) is 0.671. The van der Waals surface area contributed by atoms with Gasteiger partial charge in [0.2, 0.25) is 0 Å². The zero-order valence-corrected chi connectivity index (χ0v) is 12.4. The molecule has 0 fully saturated rings. The summed E-state index contributed by atoms with van der Waals surface area (Å²) in [6, 6.07) is 13.6. The topological polar surface area (TPSA) is 12.0 Å². The van der Waals surface area contributed by atoms with Crippen LogP contribution in [0.15, 0.2) is 42.5 Å². The molecular formula is C18H22FN. The number of likely N-dealkylation sites (N-methyl/N-ethyl adjacent to an activating group) is 1. The molecule has 1 unspecified atom stereocenters. The highest BCUT2D eigenvalue weighted by Gasteiger charge is 2.15. The Morgan fingerprint density at radius 3 is 2.55 bits per heavy atom. The molecular weight excluding hydrogens is 249 g/mol. The van der Waals surface area contributed by atoms with Crippen LogP contribution in [0.3, 0.4) is 0 Å². The normalized spacial score (nSPS) is 12.4. The molecule has 2 heteroatoms. The molecule has 20 heavy (non-hydrogen) atoms. The maximum Gasteiger partial charge on any atom is 0.126 e. The first kappa shape index (κ1) is 14.7. The van der Waals surface area contributed by atoms with E-state index < -0.39 is 0 Å².